The number of carbonyl (C=O) groups is 2. The van der Waals surface area contributed by atoms with E-state index in [-0.39, 0.29) is 29.9 Å². The molecule has 2 atom stereocenters. The topological polar surface area (TPSA) is 75.6 Å². The third-order valence-corrected chi connectivity index (χ3v) is 3.79. The number of amides is 1. The SMILES string of the molecule is O=C(O)CCCCNC(=O)C1CC1c1ccccc1OC(F)(F)F. The Morgan fingerprint density at radius 3 is 2.62 bits per heavy atom. The van der Waals surface area contributed by atoms with Crippen LogP contribution in [0.15, 0.2) is 24.3 Å². The highest BCUT2D eigenvalue weighted by molar-refractivity contribution is 5.83. The van der Waals surface area contributed by atoms with E-state index in [0.29, 0.717) is 31.4 Å². The van der Waals surface area contributed by atoms with Crippen molar-refractivity contribution in [3.05, 3.63) is 29.8 Å². The number of para-hydroxylation sites is 1. The van der Waals surface area contributed by atoms with Crippen molar-refractivity contribution < 1.29 is 32.6 Å². The van der Waals surface area contributed by atoms with Gasteiger partial charge in [0, 0.05) is 18.9 Å². The van der Waals surface area contributed by atoms with Crippen LogP contribution >= 0.6 is 0 Å². The fourth-order valence-electron chi connectivity index (χ4n) is 2.58. The summed E-state index contributed by atoms with van der Waals surface area (Å²) in [5.74, 6) is -2.04. The van der Waals surface area contributed by atoms with Gasteiger partial charge in [-0.1, -0.05) is 18.2 Å². The summed E-state index contributed by atoms with van der Waals surface area (Å²) in [7, 11) is 0. The molecule has 0 heterocycles. The Kier molecular flexibility index (Phi) is 5.69. The van der Waals surface area contributed by atoms with Crippen LogP contribution in [0.5, 0.6) is 5.75 Å². The number of hydrogen-bond acceptors (Lipinski definition) is 3. The van der Waals surface area contributed by atoms with Gasteiger partial charge in [-0.05, 0) is 36.8 Å². The average Bonchev–Trinajstić information content (AvgIpc) is 3.25. The van der Waals surface area contributed by atoms with Crippen LogP contribution in [-0.2, 0) is 9.59 Å². The standard InChI is InChI=1S/C16H18F3NO4/c17-16(18,19)24-13-6-2-1-5-10(13)11-9-12(11)15(23)20-8-4-3-7-14(21)22/h1-2,5-6,11-12H,3-4,7-9H2,(H,20,23)(H,21,22). The molecule has 1 saturated carbocycles. The largest absolute Gasteiger partial charge is 0.573 e. The zero-order valence-electron chi connectivity index (χ0n) is 12.8. The first-order valence-electron chi connectivity index (χ1n) is 7.62. The summed E-state index contributed by atoms with van der Waals surface area (Å²) in [6.07, 6.45) is -3.24. The highest BCUT2D eigenvalue weighted by Crippen LogP contribution is 2.50. The van der Waals surface area contributed by atoms with Gasteiger partial charge in [0.15, 0.2) is 0 Å². The fourth-order valence-corrected chi connectivity index (χ4v) is 2.58. The van der Waals surface area contributed by atoms with Crippen LogP contribution in [-0.4, -0.2) is 29.9 Å². The molecular weight excluding hydrogens is 327 g/mol. The second-order valence-electron chi connectivity index (χ2n) is 5.68. The van der Waals surface area contributed by atoms with Crippen molar-refractivity contribution in [2.24, 2.45) is 5.92 Å². The maximum Gasteiger partial charge on any atom is 0.573 e. The molecule has 0 bridgehead atoms. The summed E-state index contributed by atoms with van der Waals surface area (Å²) in [6.45, 7) is 0.357. The number of benzene rings is 1. The minimum Gasteiger partial charge on any atom is -0.481 e. The minimum atomic E-state index is -4.77. The molecule has 0 aliphatic heterocycles. The van der Waals surface area contributed by atoms with Crippen molar-refractivity contribution in [3.63, 3.8) is 0 Å². The van der Waals surface area contributed by atoms with Gasteiger partial charge in [0.2, 0.25) is 5.91 Å². The van der Waals surface area contributed by atoms with Crippen LogP contribution in [0.2, 0.25) is 0 Å². The van der Waals surface area contributed by atoms with Gasteiger partial charge in [0.25, 0.3) is 0 Å². The second kappa shape index (κ2) is 7.55. The maximum atomic E-state index is 12.4. The lowest BCUT2D eigenvalue weighted by Crippen LogP contribution is -2.26. The predicted octanol–water partition coefficient (Wildman–Crippen LogP) is 3.06. The Hall–Kier alpha value is -2.25. The molecule has 2 N–H and O–H groups in total. The summed E-state index contributed by atoms with van der Waals surface area (Å²) in [6, 6.07) is 5.83. The Bertz CT molecular complexity index is 603. The van der Waals surface area contributed by atoms with Gasteiger partial charge in [0.05, 0.1) is 0 Å². The zero-order valence-corrected chi connectivity index (χ0v) is 12.8. The number of halogens is 3. The van der Waals surface area contributed by atoms with E-state index in [4.69, 9.17) is 5.11 Å². The molecule has 0 spiro atoms. The maximum absolute atomic E-state index is 12.4. The molecule has 24 heavy (non-hydrogen) atoms. The lowest BCUT2D eigenvalue weighted by Gasteiger charge is -2.13. The predicted molar refractivity (Wildman–Crippen MR) is 78.5 cm³/mol. The molecule has 1 aliphatic carbocycles. The molecule has 1 aliphatic rings. The zero-order chi connectivity index (χ0) is 17.7. The van der Waals surface area contributed by atoms with E-state index in [9.17, 15) is 22.8 Å². The molecule has 1 aromatic rings. The number of nitrogens with one attached hydrogen (secondary N) is 1. The molecule has 0 saturated heterocycles. The Balaban J connectivity index is 1.84. The van der Waals surface area contributed by atoms with Crippen LogP contribution in [0.25, 0.3) is 0 Å². The molecule has 1 aromatic carbocycles. The summed E-state index contributed by atoms with van der Waals surface area (Å²) >= 11 is 0. The van der Waals surface area contributed by atoms with E-state index >= 15 is 0 Å². The van der Waals surface area contributed by atoms with Crippen molar-refractivity contribution in [3.8, 4) is 5.75 Å². The summed E-state index contributed by atoms with van der Waals surface area (Å²) in [4.78, 5) is 22.4. The first-order chi connectivity index (χ1) is 11.3. The van der Waals surface area contributed by atoms with E-state index in [1.54, 1.807) is 6.07 Å². The molecule has 0 aromatic heterocycles. The van der Waals surface area contributed by atoms with Gasteiger partial charge >= 0.3 is 12.3 Å². The van der Waals surface area contributed by atoms with Crippen LogP contribution in [0, 0.1) is 5.92 Å². The van der Waals surface area contributed by atoms with Crippen LogP contribution in [0.4, 0.5) is 13.2 Å². The number of carbonyl (C=O) groups excluding carboxylic acids is 1. The molecule has 8 heteroatoms. The highest BCUT2D eigenvalue weighted by Gasteiger charge is 2.46. The molecule has 1 fully saturated rings. The van der Waals surface area contributed by atoms with Gasteiger partial charge in [-0.2, -0.15) is 0 Å². The monoisotopic (exact) mass is 345 g/mol. The van der Waals surface area contributed by atoms with Gasteiger partial charge in [-0.15, -0.1) is 13.2 Å². The van der Waals surface area contributed by atoms with Gasteiger partial charge in [0.1, 0.15) is 5.75 Å². The number of carboxylic acids is 1. The van der Waals surface area contributed by atoms with Gasteiger partial charge in [-0.25, -0.2) is 0 Å². The van der Waals surface area contributed by atoms with Gasteiger partial charge < -0.3 is 15.2 Å². The summed E-state index contributed by atoms with van der Waals surface area (Å²) in [5, 5.41) is 11.2. The number of rotatable bonds is 8. The van der Waals surface area contributed by atoms with Gasteiger partial charge in [-0.3, -0.25) is 9.59 Å². The first kappa shape index (κ1) is 18.1. The van der Waals surface area contributed by atoms with Crippen LogP contribution in [0.1, 0.15) is 37.2 Å². The lowest BCUT2D eigenvalue weighted by atomic mass is 10.1. The molecule has 132 valence electrons. The van der Waals surface area contributed by atoms with E-state index in [2.05, 4.69) is 10.1 Å². The lowest BCUT2D eigenvalue weighted by molar-refractivity contribution is -0.274. The highest BCUT2D eigenvalue weighted by atomic mass is 19.4. The van der Waals surface area contributed by atoms with Crippen LogP contribution in [0.3, 0.4) is 0 Å². The van der Waals surface area contributed by atoms with Crippen molar-refractivity contribution in [1.29, 1.82) is 0 Å². The number of aliphatic carboxylic acids is 1. The number of unbranched alkanes of at least 4 members (excludes halogenated alkanes) is 1. The van der Waals surface area contributed by atoms with Crippen molar-refractivity contribution >= 4 is 11.9 Å². The Morgan fingerprint density at radius 2 is 1.96 bits per heavy atom. The molecule has 5 nitrogen and oxygen atoms in total. The van der Waals surface area contributed by atoms with E-state index < -0.39 is 12.3 Å². The number of carboxylic acid groups (broad SMARTS) is 1. The van der Waals surface area contributed by atoms with E-state index in [1.165, 1.54) is 18.2 Å². The molecule has 1 amide bonds. The molecule has 0 radical (unpaired) electrons. The second-order valence-corrected chi connectivity index (χ2v) is 5.68. The third-order valence-electron chi connectivity index (χ3n) is 3.79. The van der Waals surface area contributed by atoms with E-state index in [1.807, 2.05) is 0 Å². The smallest absolute Gasteiger partial charge is 0.481 e. The average molecular weight is 345 g/mol. The van der Waals surface area contributed by atoms with E-state index in [0.717, 1.165) is 0 Å². The normalized spacial score (nSPS) is 19.6. The van der Waals surface area contributed by atoms with Crippen LogP contribution < -0.4 is 10.1 Å². The molecule has 2 unspecified atom stereocenters. The van der Waals surface area contributed by atoms with Crippen molar-refractivity contribution in [2.45, 2.75) is 38.0 Å². The summed E-state index contributed by atoms with van der Waals surface area (Å²) in [5.41, 5.74) is 0.376. The molecular formula is C16H18F3NO4. The number of ether oxygens (including phenoxy) is 1. The quantitative estimate of drug-likeness (QED) is 0.710. The Labute approximate surface area is 136 Å². The van der Waals surface area contributed by atoms with Crippen molar-refractivity contribution in [2.75, 3.05) is 6.54 Å². The summed E-state index contributed by atoms with van der Waals surface area (Å²) < 4.78 is 41.3. The Morgan fingerprint density at radius 1 is 1.25 bits per heavy atom. The third kappa shape index (κ3) is 5.43. The number of hydrogen-bond donors (Lipinski definition) is 2. The molecule has 2 rings (SSSR count). The minimum absolute atomic E-state index is 0.0457. The van der Waals surface area contributed by atoms with Crippen molar-refractivity contribution in [1.82, 2.24) is 5.32 Å². The first-order valence-corrected chi connectivity index (χ1v) is 7.62. The number of alkyl halides is 3. The fraction of sp³-hybridized carbons (Fsp3) is 0.500.